The molecule has 0 spiro atoms. The minimum absolute atomic E-state index is 0.151. The number of aryl methyl sites for hydroxylation is 1. The number of H-pyrrole nitrogens is 1. The maximum absolute atomic E-state index is 12.7. The number of amides is 1. The zero-order chi connectivity index (χ0) is 20.5. The third-order valence-electron chi connectivity index (χ3n) is 5.93. The molecule has 9 heteroatoms. The van der Waals surface area contributed by atoms with Gasteiger partial charge in [-0.25, -0.2) is 4.98 Å². The monoisotopic (exact) mass is 409 g/mol. The Morgan fingerprint density at radius 3 is 2.93 bits per heavy atom. The Labute approximate surface area is 174 Å². The van der Waals surface area contributed by atoms with Crippen LogP contribution in [0.1, 0.15) is 30.1 Å². The van der Waals surface area contributed by atoms with Crippen LogP contribution in [0.25, 0.3) is 5.52 Å². The van der Waals surface area contributed by atoms with E-state index in [9.17, 15) is 4.79 Å². The highest BCUT2D eigenvalue weighted by Gasteiger charge is 2.30. The van der Waals surface area contributed by atoms with E-state index in [4.69, 9.17) is 9.72 Å². The fourth-order valence-electron chi connectivity index (χ4n) is 4.30. The number of hydrogen-bond acceptors (Lipinski definition) is 6. The Morgan fingerprint density at radius 2 is 2.20 bits per heavy atom. The van der Waals surface area contributed by atoms with Crippen molar-refractivity contribution < 1.29 is 9.53 Å². The maximum atomic E-state index is 12.7. The second kappa shape index (κ2) is 8.08. The predicted octanol–water partition coefficient (Wildman–Crippen LogP) is 1.80. The molecule has 2 aliphatic heterocycles. The summed E-state index contributed by atoms with van der Waals surface area (Å²) in [5.74, 6) is 2.02. The molecule has 3 aromatic heterocycles. The number of ether oxygens (including phenoxy) is 1. The Morgan fingerprint density at radius 1 is 1.33 bits per heavy atom. The van der Waals surface area contributed by atoms with Gasteiger partial charge in [0, 0.05) is 49.7 Å². The summed E-state index contributed by atoms with van der Waals surface area (Å²) in [6.45, 7) is 5.33. The average molecular weight is 409 g/mol. The van der Waals surface area contributed by atoms with Gasteiger partial charge in [0.25, 0.3) is 0 Å². The first kappa shape index (κ1) is 19.1. The van der Waals surface area contributed by atoms with E-state index in [0.717, 1.165) is 61.0 Å². The SMILES string of the molecule is Cc1cc(Nc2nc(C3CCN(C(=O)C4COCCN4)CC3)cn3cccc23)n[nH]1. The molecule has 3 aromatic rings. The fraction of sp³-hybridized carbons (Fsp3) is 0.476. The Bertz CT molecular complexity index is 1030. The van der Waals surface area contributed by atoms with Crippen molar-refractivity contribution in [2.75, 3.05) is 38.2 Å². The van der Waals surface area contributed by atoms with Crippen LogP contribution in [0.2, 0.25) is 0 Å². The number of likely N-dealkylation sites (tertiary alicyclic amines) is 1. The standard InChI is InChI=1S/C21H27N7O2/c1-14-11-19(26-25-14)24-20-18-3-2-7-28(18)12-16(23-20)15-4-8-27(9-5-15)21(29)17-13-30-10-6-22-17/h2-3,7,11-12,15,17,22H,4-6,8-10,13H2,1H3,(H2,23,24,25,26). The molecule has 1 amide bonds. The van der Waals surface area contributed by atoms with Crippen LogP contribution in [-0.4, -0.2) is 69.3 Å². The zero-order valence-electron chi connectivity index (χ0n) is 17.1. The highest BCUT2D eigenvalue weighted by atomic mass is 16.5. The van der Waals surface area contributed by atoms with Gasteiger partial charge in [0.1, 0.15) is 6.04 Å². The number of nitrogens with one attached hydrogen (secondary N) is 3. The molecule has 2 saturated heterocycles. The van der Waals surface area contributed by atoms with E-state index in [1.165, 1.54) is 0 Å². The largest absolute Gasteiger partial charge is 0.378 e. The second-order valence-electron chi connectivity index (χ2n) is 8.06. The molecule has 2 fully saturated rings. The lowest BCUT2D eigenvalue weighted by molar-refractivity contribution is -0.137. The molecule has 0 radical (unpaired) electrons. The summed E-state index contributed by atoms with van der Waals surface area (Å²) in [6, 6.07) is 5.81. The quantitative estimate of drug-likeness (QED) is 0.608. The van der Waals surface area contributed by atoms with Gasteiger partial charge in [-0.15, -0.1) is 0 Å². The Kier molecular flexibility index (Phi) is 5.14. The normalized spacial score (nSPS) is 20.6. The number of piperidine rings is 1. The number of nitrogens with zero attached hydrogens (tertiary/aromatic N) is 4. The van der Waals surface area contributed by atoms with Crippen molar-refractivity contribution in [2.24, 2.45) is 0 Å². The summed E-state index contributed by atoms with van der Waals surface area (Å²) in [5.41, 5.74) is 3.05. The number of aromatic nitrogens is 4. The van der Waals surface area contributed by atoms with Gasteiger partial charge < -0.3 is 24.7 Å². The van der Waals surface area contributed by atoms with Gasteiger partial charge >= 0.3 is 0 Å². The highest BCUT2D eigenvalue weighted by Crippen LogP contribution is 2.30. The maximum Gasteiger partial charge on any atom is 0.242 e. The van der Waals surface area contributed by atoms with Crippen molar-refractivity contribution in [3.63, 3.8) is 0 Å². The van der Waals surface area contributed by atoms with Gasteiger partial charge in [0.05, 0.1) is 24.4 Å². The van der Waals surface area contributed by atoms with Crippen molar-refractivity contribution >= 4 is 23.1 Å². The summed E-state index contributed by atoms with van der Waals surface area (Å²) in [5, 5.41) is 13.8. The molecular formula is C21H27N7O2. The lowest BCUT2D eigenvalue weighted by atomic mass is 9.93. The molecule has 5 heterocycles. The molecule has 3 N–H and O–H groups in total. The summed E-state index contributed by atoms with van der Waals surface area (Å²) < 4.78 is 7.55. The number of carbonyl (C=O) groups is 1. The molecular weight excluding hydrogens is 382 g/mol. The van der Waals surface area contributed by atoms with Crippen molar-refractivity contribution in [1.29, 1.82) is 0 Å². The molecule has 2 aliphatic rings. The van der Waals surface area contributed by atoms with Crippen LogP contribution in [0.5, 0.6) is 0 Å². The van der Waals surface area contributed by atoms with E-state index in [1.807, 2.05) is 36.2 Å². The van der Waals surface area contributed by atoms with Crippen LogP contribution in [0.15, 0.2) is 30.6 Å². The van der Waals surface area contributed by atoms with E-state index in [-0.39, 0.29) is 11.9 Å². The van der Waals surface area contributed by atoms with E-state index >= 15 is 0 Å². The third kappa shape index (κ3) is 3.78. The van der Waals surface area contributed by atoms with Crippen molar-refractivity contribution in [3.8, 4) is 0 Å². The molecule has 158 valence electrons. The molecule has 0 saturated carbocycles. The number of anilines is 2. The van der Waals surface area contributed by atoms with Crippen LogP contribution < -0.4 is 10.6 Å². The predicted molar refractivity (Wildman–Crippen MR) is 113 cm³/mol. The van der Waals surface area contributed by atoms with E-state index < -0.39 is 0 Å². The number of fused-ring (bicyclic) bond motifs is 1. The van der Waals surface area contributed by atoms with Gasteiger partial charge in [0.2, 0.25) is 5.91 Å². The van der Waals surface area contributed by atoms with E-state index in [0.29, 0.717) is 19.1 Å². The summed E-state index contributed by atoms with van der Waals surface area (Å²) in [7, 11) is 0. The number of rotatable bonds is 4. The molecule has 0 aliphatic carbocycles. The minimum atomic E-state index is -0.210. The van der Waals surface area contributed by atoms with Gasteiger partial charge in [-0.2, -0.15) is 5.10 Å². The molecule has 30 heavy (non-hydrogen) atoms. The first-order chi connectivity index (χ1) is 14.7. The molecule has 5 rings (SSSR count). The van der Waals surface area contributed by atoms with Gasteiger partial charge in [-0.1, -0.05) is 0 Å². The molecule has 1 atom stereocenters. The van der Waals surface area contributed by atoms with Gasteiger partial charge in [0.15, 0.2) is 11.6 Å². The Balaban J connectivity index is 1.31. The number of carbonyl (C=O) groups excluding carboxylic acids is 1. The van der Waals surface area contributed by atoms with Crippen LogP contribution in [-0.2, 0) is 9.53 Å². The van der Waals surface area contributed by atoms with Crippen LogP contribution in [0.3, 0.4) is 0 Å². The summed E-state index contributed by atoms with van der Waals surface area (Å²) in [6.07, 6.45) is 5.95. The lowest BCUT2D eigenvalue weighted by Crippen LogP contribution is -2.54. The molecule has 0 aromatic carbocycles. The van der Waals surface area contributed by atoms with Gasteiger partial charge in [-0.3, -0.25) is 9.89 Å². The summed E-state index contributed by atoms with van der Waals surface area (Å²) >= 11 is 0. The van der Waals surface area contributed by atoms with E-state index in [1.54, 1.807) is 0 Å². The Hall–Kier alpha value is -2.91. The first-order valence-corrected chi connectivity index (χ1v) is 10.5. The first-order valence-electron chi connectivity index (χ1n) is 10.5. The zero-order valence-corrected chi connectivity index (χ0v) is 17.1. The highest BCUT2D eigenvalue weighted by molar-refractivity contribution is 5.82. The lowest BCUT2D eigenvalue weighted by Gasteiger charge is -2.35. The van der Waals surface area contributed by atoms with Crippen LogP contribution in [0, 0.1) is 6.92 Å². The minimum Gasteiger partial charge on any atom is -0.378 e. The van der Waals surface area contributed by atoms with Crippen molar-refractivity contribution in [3.05, 3.63) is 42.0 Å². The molecule has 1 unspecified atom stereocenters. The fourth-order valence-corrected chi connectivity index (χ4v) is 4.30. The van der Waals surface area contributed by atoms with Crippen molar-refractivity contribution in [2.45, 2.75) is 31.7 Å². The van der Waals surface area contributed by atoms with E-state index in [2.05, 4.69) is 31.4 Å². The summed E-state index contributed by atoms with van der Waals surface area (Å²) in [4.78, 5) is 19.6. The number of morpholine rings is 1. The second-order valence-corrected chi connectivity index (χ2v) is 8.06. The molecule has 0 bridgehead atoms. The molecule has 9 nitrogen and oxygen atoms in total. The average Bonchev–Trinajstić information content (AvgIpc) is 3.43. The van der Waals surface area contributed by atoms with Gasteiger partial charge in [-0.05, 0) is 31.9 Å². The number of aromatic amines is 1. The smallest absolute Gasteiger partial charge is 0.242 e. The topological polar surface area (TPSA) is 99.6 Å². The van der Waals surface area contributed by atoms with Crippen LogP contribution >= 0.6 is 0 Å². The number of hydrogen-bond donors (Lipinski definition) is 3. The third-order valence-corrected chi connectivity index (χ3v) is 5.93. The van der Waals surface area contributed by atoms with Crippen molar-refractivity contribution in [1.82, 2.24) is 29.8 Å². The van der Waals surface area contributed by atoms with Crippen LogP contribution in [0.4, 0.5) is 11.6 Å².